The number of amides is 1. The smallest absolute Gasteiger partial charge is 0.306 e. The zero-order valence-corrected chi connectivity index (χ0v) is 15.6. The quantitative estimate of drug-likeness (QED) is 0.823. The standard InChI is InChI=1S/C18H20N2O6S/c1-13-2-4-16(5-3-13)27(24,25)20-7-6-14(11-20)18(23)19-8-9-26-15(12-19)10-17(21)22/h2-7,11,15H,8-10,12H2,1H3,(H,21,22). The average Bonchev–Trinajstić information content (AvgIpc) is 3.12. The van der Waals surface area contributed by atoms with Crippen molar-refractivity contribution in [1.82, 2.24) is 8.87 Å². The third-order valence-electron chi connectivity index (χ3n) is 4.34. The van der Waals surface area contributed by atoms with Crippen LogP contribution in [0.2, 0.25) is 0 Å². The molecule has 1 aliphatic heterocycles. The number of hydrogen-bond acceptors (Lipinski definition) is 5. The van der Waals surface area contributed by atoms with Crippen LogP contribution in [-0.4, -0.2) is 60.1 Å². The maximum Gasteiger partial charge on any atom is 0.306 e. The molecular weight excluding hydrogens is 372 g/mol. The number of aryl methyl sites for hydroxylation is 1. The van der Waals surface area contributed by atoms with Crippen LogP contribution in [0.5, 0.6) is 0 Å². The summed E-state index contributed by atoms with van der Waals surface area (Å²) in [5.74, 6) is -1.35. The second-order valence-electron chi connectivity index (χ2n) is 6.39. The lowest BCUT2D eigenvalue weighted by atomic mass is 10.2. The molecule has 1 saturated heterocycles. The molecule has 1 atom stereocenters. The first-order valence-corrected chi connectivity index (χ1v) is 9.84. The van der Waals surface area contributed by atoms with Crippen LogP contribution in [0.3, 0.4) is 0 Å². The first-order valence-electron chi connectivity index (χ1n) is 8.40. The summed E-state index contributed by atoms with van der Waals surface area (Å²) in [6.45, 7) is 2.58. The summed E-state index contributed by atoms with van der Waals surface area (Å²) in [5.41, 5.74) is 1.17. The van der Waals surface area contributed by atoms with E-state index < -0.39 is 22.1 Å². The van der Waals surface area contributed by atoms with E-state index in [1.807, 2.05) is 6.92 Å². The summed E-state index contributed by atoms with van der Waals surface area (Å²) >= 11 is 0. The molecule has 1 N–H and O–H groups in total. The molecular formula is C18H20N2O6S. The summed E-state index contributed by atoms with van der Waals surface area (Å²) in [6, 6.07) is 7.89. The Hall–Kier alpha value is -2.65. The summed E-state index contributed by atoms with van der Waals surface area (Å²) in [6.07, 6.45) is 1.85. The molecule has 0 aliphatic carbocycles. The predicted molar refractivity (Wildman–Crippen MR) is 96.1 cm³/mol. The molecule has 1 unspecified atom stereocenters. The van der Waals surface area contributed by atoms with Crippen LogP contribution in [0.15, 0.2) is 47.6 Å². The van der Waals surface area contributed by atoms with Crippen molar-refractivity contribution in [2.45, 2.75) is 24.3 Å². The Labute approximate surface area is 157 Å². The Morgan fingerprint density at radius 1 is 1.22 bits per heavy atom. The molecule has 1 amide bonds. The number of hydrogen-bond donors (Lipinski definition) is 1. The highest BCUT2D eigenvalue weighted by molar-refractivity contribution is 7.90. The third-order valence-corrected chi connectivity index (χ3v) is 5.99. The van der Waals surface area contributed by atoms with Crippen molar-refractivity contribution in [3.8, 4) is 0 Å². The Kier molecular flexibility index (Phi) is 5.33. The number of morpholine rings is 1. The highest BCUT2D eigenvalue weighted by atomic mass is 32.2. The first kappa shape index (κ1) is 19.1. The van der Waals surface area contributed by atoms with Crippen molar-refractivity contribution in [1.29, 1.82) is 0 Å². The van der Waals surface area contributed by atoms with Gasteiger partial charge in [0.05, 0.1) is 29.6 Å². The summed E-state index contributed by atoms with van der Waals surface area (Å²) in [7, 11) is -3.78. The van der Waals surface area contributed by atoms with Gasteiger partial charge in [-0.1, -0.05) is 17.7 Å². The fraction of sp³-hybridized carbons (Fsp3) is 0.333. The molecule has 9 heteroatoms. The Morgan fingerprint density at radius 2 is 1.93 bits per heavy atom. The second kappa shape index (κ2) is 7.53. The zero-order valence-electron chi connectivity index (χ0n) is 14.7. The number of aliphatic carboxylic acids is 1. The van der Waals surface area contributed by atoms with Crippen LogP contribution in [0.25, 0.3) is 0 Å². The molecule has 8 nitrogen and oxygen atoms in total. The van der Waals surface area contributed by atoms with Gasteiger partial charge in [-0.2, -0.15) is 0 Å². The molecule has 0 bridgehead atoms. The fourth-order valence-corrected chi connectivity index (χ4v) is 4.09. The van der Waals surface area contributed by atoms with Gasteiger partial charge in [-0.25, -0.2) is 12.4 Å². The number of benzene rings is 1. The lowest BCUT2D eigenvalue weighted by molar-refractivity contribution is -0.141. The number of rotatable bonds is 5. The predicted octanol–water partition coefficient (Wildman–Crippen LogP) is 1.35. The second-order valence-corrected chi connectivity index (χ2v) is 8.23. The lowest BCUT2D eigenvalue weighted by Gasteiger charge is -2.32. The Morgan fingerprint density at radius 3 is 2.59 bits per heavy atom. The maximum atomic E-state index is 12.7. The van der Waals surface area contributed by atoms with Gasteiger partial charge >= 0.3 is 5.97 Å². The van der Waals surface area contributed by atoms with Crippen molar-refractivity contribution in [3.63, 3.8) is 0 Å². The zero-order chi connectivity index (χ0) is 19.6. The highest BCUT2D eigenvalue weighted by Crippen LogP contribution is 2.18. The number of nitrogens with zero attached hydrogens (tertiary/aromatic N) is 2. The Bertz CT molecular complexity index is 948. The van der Waals surface area contributed by atoms with E-state index in [2.05, 4.69) is 0 Å². The van der Waals surface area contributed by atoms with E-state index in [0.717, 1.165) is 9.54 Å². The maximum absolute atomic E-state index is 12.7. The van der Waals surface area contributed by atoms with Gasteiger partial charge in [0.1, 0.15) is 0 Å². The molecule has 1 aliphatic rings. The fourth-order valence-electron chi connectivity index (χ4n) is 2.89. The topological polar surface area (TPSA) is 106 Å². The minimum Gasteiger partial charge on any atom is -0.481 e. The van der Waals surface area contributed by atoms with Gasteiger partial charge in [0.2, 0.25) is 0 Å². The molecule has 0 radical (unpaired) electrons. The van der Waals surface area contributed by atoms with Gasteiger partial charge in [-0.15, -0.1) is 0 Å². The van der Waals surface area contributed by atoms with E-state index in [1.54, 1.807) is 12.1 Å². The number of carboxylic acids is 1. The molecule has 144 valence electrons. The third kappa shape index (κ3) is 4.20. The molecule has 27 heavy (non-hydrogen) atoms. The van der Waals surface area contributed by atoms with Crippen LogP contribution in [0.4, 0.5) is 0 Å². The minimum absolute atomic E-state index is 0.135. The number of aromatic nitrogens is 1. The number of carboxylic acid groups (broad SMARTS) is 1. The molecule has 1 fully saturated rings. The summed E-state index contributed by atoms with van der Waals surface area (Å²) in [5, 5.41) is 8.87. The molecule has 2 aromatic rings. The largest absolute Gasteiger partial charge is 0.481 e. The van der Waals surface area contributed by atoms with E-state index in [0.29, 0.717) is 6.54 Å². The van der Waals surface area contributed by atoms with Crippen molar-refractivity contribution in [3.05, 3.63) is 53.9 Å². The van der Waals surface area contributed by atoms with Crippen LogP contribution >= 0.6 is 0 Å². The molecule has 1 aromatic carbocycles. The van der Waals surface area contributed by atoms with Crippen molar-refractivity contribution < 1.29 is 27.9 Å². The van der Waals surface area contributed by atoms with Crippen LogP contribution < -0.4 is 0 Å². The van der Waals surface area contributed by atoms with E-state index in [-0.39, 0.29) is 35.9 Å². The van der Waals surface area contributed by atoms with Crippen LogP contribution in [0, 0.1) is 6.92 Å². The highest BCUT2D eigenvalue weighted by Gasteiger charge is 2.28. The van der Waals surface area contributed by atoms with E-state index in [9.17, 15) is 18.0 Å². The number of carbonyl (C=O) groups is 2. The van der Waals surface area contributed by atoms with Gasteiger partial charge in [-0.3, -0.25) is 9.59 Å². The van der Waals surface area contributed by atoms with E-state index in [1.165, 1.54) is 35.5 Å². The normalized spacial score (nSPS) is 17.7. The molecule has 0 saturated carbocycles. The number of ether oxygens (including phenoxy) is 1. The van der Waals surface area contributed by atoms with E-state index >= 15 is 0 Å². The van der Waals surface area contributed by atoms with Gasteiger partial charge < -0.3 is 14.7 Å². The molecule has 1 aromatic heterocycles. The van der Waals surface area contributed by atoms with Gasteiger partial charge in [0, 0.05) is 25.5 Å². The first-order chi connectivity index (χ1) is 12.8. The summed E-state index contributed by atoms with van der Waals surface area (Å²) in [4.78, 5) is 25.1. The average molecular weight is 392 g/mol. The van der Waals surface area contributed by atoms with Crippen LogP contribution in [-0.2, 0) is 19.6 Å². The van der Waals surface area contributed by atoms with Gasteiger partial charge in [0.15, 0.2) is 0 Å². The Balaban J connectivity index is 1.77. The van der Waals surface area contributed by atoms with Crippen molar-refractivity contribution >= 4 is 21.9 Å². The van der Waals surface area contributed by atoms with Crippen LogP contribution in [0.1, 0.15) is 22.3 Å². The number of carbonyl (C=O) groups excluding carboxylic acids is 1. The van der Waals surface area contributed by atoms with Crippen molar-refractivity contribution in [2.24, 2.45) is 0 Å². The van der Waals surface area contributed by atoms with Gasteiger partial charge in [-0.05, 0) is 25.1 Å². The SMILES string of the molecule is Cc1ccc(S(=O)(=O)n2ccc(C(=O)N3CCOC(CC(=O)O)C3)c2)cc1. The minimum atomic E-state index is -3.78. The monoisotopic (exact) mass is 392 g/mol. The summed E-state index contributed by atoms with van der Waals surface area (Å²) < 4.78 is 31.7. The van der Waals surface area contributed by atoms with Crippen molar-refractivity contribution in [2.75, 3.05) is 19.7 Å². The molecule has 3 rings (SSSR count). The van der Waals surface area contributed by atoms with E-state index in [4.69, 9.17) is 9.84 Å². The van der Waals surface area contributed by atoms with Gasteiger partial charge in [0.25, 0.3) is 15.9 Å². The molecule has 0 spiro atoms. The molecule has 2 heterocycles. The lowest BCUT2D eigenvalue weighted by Crippen LogP contribution is -2.46.